The smallest absolute Gasteiger partial charge is 0.0713 e. The third-order valence-corrected chi connectivity index (χ3v) is 9.94. The largest absolute Gasteiger partial charge is 0.310 e. The molecule has 0 heterocycles. The maximum Gasteiger partial charge on any atom is 0.0713 e. The molecule has 0 aromatic heterocycles. The summed E-state index contributed by atoms with van der Waals surface area (Å²) in [6, 6.07) is 70.0. The SMILES string of the molecule is [2H]/C(=C(/[2H])c1ccc2c(c1)C(c1ccccc1)(c1ccccc1)c1ccccc1-2)c1ccc(N(c2ccccc2)c2ccc3ccccc3c2)cc1. The first-order chi connectivity index (χ1) is 25.6. The van der Waals surface area contributed by atoms with Crippen molar-refractivity contribution in [3.8, 4) is 11.1 Å². The summed E-state index contributed by atoms with van der Waals surface area (Å²) >= 11 is 0. The molecular weight excluding hydrogens is 603 g/mol. The Morgan fingerprint density at radius 2 is 0.900 bits per heavy atom. The van der Waals surface area contributed by atoms with Crippen LogP contribution in [0.25, 0.3) is 34.0 Å². The van der Waals surface area contributed by atoms with Crippen molar-refractivity contribution in [2.75, 3.05) is 4.90 Å². The van der Waals surface area contributed by atoms with Crippen molar-refractivity contribution in [1.29, 1.82) is 0 Å². The molecule has 0 bridgehead atoms. The minimum absolute atomic E-state index is 0.184. The highest BCUT2D eigenvalue weighted by Gasteiger charge is 2.45. The van der Waals surface area contributed by atoms with E-state index >= 15 is 0 Å². The van der Waals surface area contributed by atoms with Gasteiger partial charge in [-0.05, 0) is 97.7 Å². The zero-order valence-electron chi connectivity index (χ0n) is 29.5. The third-order valence-electron chi connectivity index (χ3n) is 9.94. The number of fused-ring (bicyclic) bond motifs is 4. The molecule has 0 saturated carbocycles. The first kappa shape index (κ1) is 27.5. The summed E-state index contributed by atoms with van der Waals surface area (Å²) in [6.07, 6.45) is 0. The Balaban J connectivity index is 1.14. The maximum atomic E-state index is 9.38. The quantitative estimate of drug-likeness (QED) is 0.157. The van der Waals surface area contributed by atoms with Gasteiger partial charge < -0.3 is 4.90 Å². The third kappa shape index (κ3) is 5.03. The minimum atomic E-state index is -0.557. The van der Waals surface area contributed by atoms with E-state index in [1.165, 1.54) is 33.0 Å². The van der Waals surface area contributed by atoms with Gasteiger partial charge in [0.15, 0.2) is 0 Å². The molecule has 236 valence electrons. The summed E-state index contributed by atoms with van der Waals surface area (Å²) in [5, 5.41) is 2.37. The zero-order chi connectivity index (χ0) is 35.1. The van der Waals surface area contributed by atoms with Crippen molar-refractivity contribution in [2.45, 2.75) is 5.41 Å². The molecule has 0 N–H and O–H groups in total. The fourth-order valence-electron chi connectivity index (χ4n) is 7.70. The number of hydrogen-bond donors (Lipinski definition) is 0. The minimum Gasteiger partial charge on any atom is -0.310 e. The van der Waals surface area contributed by atoms with Gasteiger partial charge in [-0.1, -0.05) is 170 Å². The second-order valence-electron chi connectivity index (χ2n) is 12.8. The topological polar surface area (TPSA) is 3.24 Å². The lowest BCUT2D eigenvalue weighted by atomic mass is 9.67. The zero-order valence-corrected chi connectivity index (χ0v) is 27.5. The first-order valence-electron chi connectivity index (χ1n) is 18.1. The lowest BCUT2D eigenvalue weighted by Gasteiger charge is -2.34. The van der Waals surface area contributed by atoms with Crippen molar-refractivity contribution < 1.29 is 2.74 Å². The Kier molecular flexibility index (Phi) is 6.90. The summed E-state index contributed by atoms with van der Waals surface area (Å²) in [5.41, 5.74) is 11.0. The predicted octanol–water partition coefficient (Wildman–Crippen LogP) is 12.8. The van der Waals surface area contributed by atoms with Crippen LogP contribution in [-0.2, 0) is 5.41 Å². The summed E-state index contributed by atoms with van der Waals surface area (Å²) in [6.45, 7) is 0. The number of hydrogen-bond acceptors (Lipinski definition) is 1. The summed E-state index contributed by atoms with van der Waals surface area (Å²) in [5.74, 6) is 0. The molecule has 0 aliphatic heterocycles. The van der Waals surface area contributed by atoms with Gasteiger partial charge in [-0.2, -0.15) is 0 Å². The predicted molar refractivity (Wildman–Crippen MR) is 211 cm³/mol. The monoisotopic (exact) mass is 639 g/mol. The van der Waals surface area contributed by atoms with E-state index in [2.05, 4.69) is 169 Å². The molecule has 1 aliphatic carbocycles. The number of para-hydroxylation sites is 1. The fraction of sp³-hybridized carbons (Fsp3) is 0.0204. The molecular formula is C49H35N. The standard InChI is InChI=1S/C49H35N/c1-4-16-40(17-5-1)49(41-18-6-2-7-19-41)47-23-13-12-22-45(47)46-33-28-37(34-48(46)49)25-24-36-26-30-43(31-27-36)50(42-20-8-3-9-21-42)44-32-29-38-14-10-11-15-39(38)35-44/h1-35H/b25-24+/i24D,25D. The Bertz CT molecular complexity index is 2540. The van der Waals surface area contributed by atoms with Crippen molar-refractivity contribution in [1.82, 2.24) is 0 Å². The van der Waals surface area contributed by atoms with Gasteiger partial charge in [-0.15, -0.1) is 0 Å². The highest BCUT2D eigenvalue weighted by molar-refractivity contribution is 5.90. The highest BCUT2D eigenvalue weighted by Crippen LogP contribution is 2.56. The van der Waals surface area contributed by atoms with E-state index < -0.39 is 5.41 Å². The summed E-state index contributed by atoms with van der Waals surface area (Å²) in [7, 11) is 0. The van der Waals surface area contributed by atoms with E-state index in [-0.39, 0.29) is 12.1 Å². The fourth-order valence-corrected chi connectivity index (χ4v) is 7.70. The molecule has 50 heavy (non-hydrogen) atoms. The highest BCUT2D eigenvalue weighted by atomic mass is 15.1. The first-order valence-corrected chi connectivity index (χ1v) is 17.1. The van der Waals surface area contributed by atoms with Gasteiger partial charge >= 0.3 is 0 Å². The summed E-state index contributed by atoms with van der Waals surface area (Å²) in [4.78, 5) is 2.23. The summed E-state index contributed by atoms with van der Waals surface area (Å²) < 4.78 is 18.7. The molecule has 0 fully saturated rings. The lowest BCUT2D eigenvalue weighted by molar-refractivity contribution is 0.768. The number of benzene rings is 8. The molecule has 0 spiro atoms. The number of nitrogens with zero attached hydrogens (tertiary/aromatic N) is 1. The van der Waals surface area contributed by atoms with Crippen LogP contribution in [0.2, 0.25) is 0 Å². The molecule has 9 rings (SSSR count). The number of rotatable bonds is 7. The Morgan fingerprint density at radius 3 is 1.62 bits per heavy atom. The van der Waals surface area contributed by atoms with Gasteiger partial charge in [0.1, 0.15) is 0 Å². The Hall–Kier alpha value is -6.44. The van der Waals surface area contributed by atoms with E-state index in [0.29, 0.717) is 5.56 Å². The van der Waals surface area contributed by atoms with Crippen LogP contribution in [0, 0.1) is 0 Å². The van der Waals surface area contributed by atoms with Crippen LogP contribution in [0.3, 0.4) is 0 Å². The second kappa shape index (κ2) is 12.5. The van der Waals surface area contributed by atoms with Gasteiger partial charge in [0, 0.05) is 17.1 Å². The van der Waals surface area contributed by atoms with Gasteiger partial charge in [0.05, 0.1) is 8.16 Å². The lowest BCUT2D eigenvalue weighted by Crippen LogP contribution is -2.28. The maximum absolute atomic E-state index is 9.38. The van der Waals surface area contributed by atoms with Crippen molar-refractivity contribution in [3.63, 3.8) is 0 Å². The van der Waals surface area contributed by atoms with Crippen LogP contribution in [0.15, 0.2) is 200 Å². The van der Waals surface area contributed by atoms with Crippen molar-refractivity contribution in [2.24, 2.45) is 0 Å². The second-order valence-corrected chi connectivity index (χ2v) is 12.8. The molecule has 1 nitrogen and oxygen atoms in total. The van der Waals surface area contributed by atoms with E-state index in [9.17, 15) is 2.74 Å². The molecule has 1 heteroatoms. The van der Waals surface area contributed by atoms with Crippen molar-refractivity contribution >= 4 is 39.9 Å². The van der Waals surface area contributed by atoms with Gasteiger partial charge in [0.2, 0.25) is 0 Å². The van der Waals surface area contributed by atoms with Gasteiger partial charge in [-0.25, -0.2) is 0 Å². The average Bonchev–Trinajstić information content (AvgIpc) is 3.52. The van der Waals surface area contributed by atoms with E-state index in [4.69, 9.17) is 0 Å². The molecule has 0 atom stereocenters. The van der Waals surface area contributed by atoms with Crippen LogP contribution < -0.4 is 4.90 Å². The van der Waals surface area contributed by atoms with Gasteiger partial charge in [-0.3, -0.25) is 0 Å². The van der Waals surface area contributed by atoms with E-state index in [0.717, 1.165) is 33.8 Å². The van der Waals surface area contributed by atoms with Gasteiger partial charge in [0.25, 0.3) is 0 Å². The van der Waals surface area contributed by atoms with E-state index in [1.807, 2.05) is 36.4 Å². The molecule has 0 unspecified atom stereocenters. The molecule has 0 saturated heterocycles. The van der Waals surface area contributed by atoms with Crippen LogP contribution in [0.4, 0.5) is 17.1 Å². The van der Waals surface area contributed by atoms with Crippen LogP contribution >= 0.6 is 0 Å². The molecule has 8 aromatic rings. The molecule has 0 radical (unpaired) electrons. The van der Waals surface area contributed by atoms with Crippen LogP contribution in [0.5, 0.6) is 0 Å². The molecule has 8 aromatic carbocycles. The molecule has 1 aliphatic rings. The number of anilines is 3. The average molecular weight is 640 g/mol. The van der Waals surface area contributed by atoms with E-state index in [1.54, 1.807) is 0 Å². The van der Waals surface area contributed by atoms with Crippen molar-refractivity contribution in [3.05, 3.63) is 234 Å². The van der Waals surface area contributed by atoms with Crippen LogP contribution in [0.1, 0.15) is 36.1 Å². The Labute approximate surface area is 296 Å². The molecule has 0 amide bonds. The Morgan fingerprint density at radius 1 is 0.380 bits per heavy atom. The normalized spacial score (nSPS) is 13.8. The van der Waals surface area contributed by atoms with Crippen LogP contribution in [-0.4, -0.2) is 0 Å².